The van der Waals surface area contributed by atoms with Crippen LogP contribution in [0.15, 0.2) is 237 Å². The van der Waals surface area contributed by atoms with Crippen LogP contribution in [0.2, 0.25) is 0 Å². The maximum absolute atomic E-state index is 2.55. The van der Waals surface area contributed by atoms with Crippen LogP contribution in [0.5, 0.6) is 0 Å². The van der Waals surface area contributed by atoms with E-state index < -0.39 is 10.8 Å². The summed E-state index contributed by atoms with van der Waals surface area (Å²) in [5.41, 5.74) is 25.3. The third-order valence-electron chi connectivity index (χ3n) is 17.1. The first-order chi connectivity index (χ1) is 37.0. The van der Waals surface area contributed by atoms with Gasteiger partial charge in [0.2, 0.25) is 0 Å². The van der Waals surface area contributed by atoms with Crippen LogP contribution in [0.1, 0.15) is 136 Å². The number of hydrogen-bond donors (Lipinski definition) is 0. The van der Waals surface area contributed by atoms with Crippen LogP contribution in [0.25, 0.3) is 33.4 Å². The number of hydrogen-bond acceptors (Lipinski definition) is 1. The van der Waals surface area contributed by atoms with Crippen molar-refractivity contribution >= 4 is 17.1 Å². The molecule has 12 rings (SSSR count). The average Bonchev–Trinajstić information content (AvgIpc) is 4.13. The summed E-state index contributed by atoms with van der Waals surface area (Å²) < 4.78 is 0. The first-order valence-corrected chi connectivity index (χ1v) is 27.9. The van der Waals surface area contributed by atoms with Gasteiger partial charge in [0.1, 0.15) is 0 Å². The molecule has 77 heavy (non-hydrogen) atoms. The van der Waals surface area contributed by atoms with Crippen molar-refractivity contribution in [3.8, 4) is 33.4 Å². The standard InChI is InChI=1S/C76H71N/c1-11-51-22-21-23-52(48-51)62-26-17-20-31-71(62)77(61-44-46-65-63-27-15-18-29-67(63)76(70(65)50-61,56-24-13-12-14-25-56)59-42-36-55(37-43-59)74(8,9)10)60-45-47-69-66(49-60)64-28-16-19-30-68(64)75(69,57-38-32-53(33-39-57)72(2,3)4)58-40-34-54(35-41-58)73(5,6)7/h12-50H,11H2,1-10H3. The molecule has 0 aromatic heterocycles. The van der Waals surface area contributed by atoms with E-state index in [1.54, 1.807) is 0 Å². The van der Waals surface area contributed by atoms with Gasteiger partial charge in [-0.1, -0.05) is 275 Å². The second-order valence-electron chi connectivity index (χ2n) is 24.8. The van der Waals surface area contributed by atoms with Crippen LogP contribution < -0.4 is 4.90 Å². The molecule has 0 fully saturated rings. The van der Waals surface area contributed by atoms with Crippen molar-refractivity contribution in [1.29, 1.82) is 0 Å². The summed E-state index contributed by atoms with van der Waals surface area (Å²) in [5, 5.41) is 0. The number of fused-ring (bicyclic) bond motifs is 6. The Morgan fingerprint density at radius 2 is 0.727 bits per heavy atom. The average molecular weight is 998 g/mol. The lowest BCUT2D eigenvalue weighted by atomic mass is 9.67. The van der Waals surface area contributed by atoms with E-state index in [9.17, 15) is 0 Å². The maximum atomic E-state index is 2.55. The molecule has 1 heteroatoms. The molecule has 1 atom stereocenters. The van der Waals surface area contributed by atoms with Gasteiger partial charge in [-0.2, -0.15) is 0 Å². The van der Waals surface area contributed by atoms with Crippen LogP contribution in [0, 0.1) is 0 Å². The van der Waals surface area contributed by atoms with E-state index in [4.69, 9.17) is 0 Å². The van der Waals surface area contributed by atoms with Crippen molar-refractivity contribution in [1.82, 2.24) is 0 Å². The second kappa shape index (κ2) is 18.6. The van der Waals surface area contributed by atoms with Gasteiger partial charge in [-0.15, -0.1) is 0 Å². The summed E-state index contributed by atoms with van der Waals surface area (Å²) in [6.07, 6.45) is 0.966. The van der Waals surface area contributed by atoms with Crippen LogP contribution >= 0.6 is 0 Å². The Kier molecular flexibility index (Phi) is 12.1. The summed E-state index contributed by atoms with van der Waals surface area (Å²) in [4.78, 5) is 2.55. The number of anilines is 3. The first kappa shape index (κ1) is 49.9. The van der Waals surface area contributed by atoms with E-state index in [0.29, 0.717) is 0 Å². The van der Waals surface area contributed by atoms with Gasteiger partial charge >= 0.3 is 0 Å². The Labute approximate surface area is 459 Å². The van der Waals surface area contributed by atoms with Crippen LogP contribution in [-0.4, -0.2) is 0 Å². The third-order valence-corrected chi connectivity index (χ3v) is 17.1. The molecule has 10 aromatic carbocycles. The quantitative estimate of drug-likeness (QED) is 0.139. The minimum atomic E-state index is -0.582. The summed E-state index contributed by atoms with van der Waals surface area (Å²) in [7, 11) is 0. The molecule has 380 valence electrons. The van der Waals surface area contributed by atoms with Gasteiger partial charge in [-0.3, -0.25) is 0 Å². The lowest BCUT2D eigenvalue weighted by molar-refractivity contribution is 0.588. The van der Waals surface area contributed by atoms with E-state index >= 15 is 0 Å². The highest BCUT2D eigenvalue weighted by Gasteiger charge is 2.48. The molecule has 0 amide bonds. The largest absolute Gasteiger partial charge is 0.310 e. The lowest BCUT2D eigenvalue weighted by Gasteiger charge is -2.36. The predicted molar refractivity (Wildman–Crippen MR) is 327 cm³/mol. The third kappa shape index (κ3) is 8.12. The Morgan fingerprint density at radius 1 is 0.312 bits per heavy atom. The van der Waals surface area contributed by atoms with E-state index in [-0.39, 0.29) is 16.2 Å². The van der Waals surface area contributed by atoms with Gasteiger partial charge in [0.25, 0.3) is 0 Å². The normalized spacial score (nSPS) is 15.4. The Bertz CT molecular complexity index is 3760. The minimum absolute atomic E-state index is 0.0193. The molecular formula is C76H71N. The highest BCUT2D eigenvalue weighted by Crippen LogP contribution is 2.60. The molecule has 0 N–H and O–H groups in total. The zero-order valence-electron chi connectivity index (χ0n) is 46.7. The number of nitrogens with zero attached hydrogens (tertiary/aromatic N) is 1. The molecule has 1 unspecified atom stereocenters. The molecule has 0 radical (unpaired) electrons. The number of aryl methyl sites for hydroxylation is 1. The molecule has 0 heterocycles. The first-order valence-electron chi connectivity index (χ1n) is 27.9. The van der Waals surface area contributed by atoms with Gasteiger partial charge in [-0.05, 0) is 148 Å². The highest BCUT2D eigenvalue weighted by molar-refractivity contribution is 5.95. The van der Waals surface area contributed by atoms with Crippen molar-refractivity contribution in [3.63, 3.8) is 0 Å². The summed E-state index contributed by atoms with van der Waals surface area (Å²) in [6, 6.07) is 91.0. The summed E-state index contributed by atoms with van der Waals surface area (Å²) >= 11 is 0. The number of rotatable bonds is 9. The Balaban J connectivity index is 1.13. The number of para-hydroxylation sites is 1. The molecule has 0 spiro atoms. The second-order valence-corrected chi connectivity index (χ2v) is 24.8. The zero-order chi connectivity index (χ0) is 53.5. The van der Waals surface area contributed by atoms with Crippen molar-refractivity contribution in [2.24, 2.45) is 0 Å². The summed E-state index contributed by atoms with van der Waals surface area (Å²) in [5.74, 6) is 0. The van der Waals surface area contributed by atoms with Crippen LogP contribution in [0.3, 0.4) is 0 Å². The van der Waals surface area contributed by atoms with Crippen molar-refractivity contribution in [3.05, 3.63) is 303 Å². The summed E-state index contributed by atoms with van der Waals surface area (Å²) in [6.45, 7) is 23.0. The van der Waals surface area contributed by atoms with E-state index in [2.05, 4.69) is 311 Å². The molecule has 1 nitrogen and oxygen atoms in total. The fourth-order valence-corrected chi connectivity index (χ4v) is 13.0. The molecule has 0 bridgehead atoms. The highest BCUT2D eigenvalue weighted by atomic mass is 15.1. The molecule has 2 aliphatic rings. The van der Waals surface area contributed by atoms with Crippen molar-refractivity contribution < 1.29 is 0 Å². The minimum Gasteiger partial charge on any atom is -0.310 e. The monoisotopic (exact) mass is 998 g/mol. The van der Waals surface area contributed by atoms with Gasteiger partial charge in [0, 0.05) is 16.9 Å². The van der Waals surface area contributed by atoms with E-state index in [0.717, 1.165) is 23.5 Å². The molecule has 2 aliphatic carbocycles. The molecule has 10 aromatic rings. The molecular weight excluding hydrogens is 927 g/mol. The van der Waals surface area contributed by atoms with Crippen LogP contribution in [-0.2, 0) is 33.5 Å². The number of benzene rings is 10. The topological polar surface area (TPSA) is 3.24 Å². The SMILES string of the molecule is CCc1cccc(-c2ccccc2N(c2ccc3c(c2)-c2ccccc2C3(c2ccc(C(C)(C)C)cc2)c2ccc(C(C)(C)C)cc2)c2ccc3c(c2)C(c2ccccc2)(c2ccc(C(C)(C)C)cc2)c2ccccc2-3)c1. The van der Waals surface area contributed by atoms with Crippen molar-refractivity contribution in [2.75, 3.05) is 4.90 Å². The lowest BCUT2D eigenvalue weighted by Crippen LogP contribution is -2.29. The van der Waals surface area contributed by atoms with E-state index in [1.165, 1.54) is 100 Å². The van der Waals surface area contributed by atoms with Gasteiger partial charge in [-0.25, -0.2) is 0 Å². The Morgan fingerprint density at radius 3 is 1.26 bits per heavy atom. The maximum Gasteiger partial charge on any atom is 0.0714 e. The van der Waals surface area contributed by atoms with Gasteiger partial charge in [0.15, 0.2) is 0 Å². The zero-order valence-corrected chi connectivity index (χ0v) is 46.7. The fraction of sp³-hybridized carbons (Fsp3) is 0.211. The smallest absolute Gasteiger partial charge is 0.0714 e. The van der Waals surface area contributed by atoms with Crippen molar-refractivity contribution in [2.45, 2.75) is 103 Å². The van der Waals surface area contributed by atoms with E-state index in [1.807, 2.05) is 0 Å². The molecule has 0 saturated carbocycles. The Hall–Kier alpha value is -8.00. The molecule has 0 aliphatic heterocycles. The van der Waals surface area contributed by atoms with Crippen LogP contribution in [0.4, 0.5) is 17.1 Å². The fourth-order valence-electron chi connectivity index (χ4n) is 13.0. The predicted octanol–water partition coefficient (Wildman–Crippen LogP) is 20.0. The molecule has 0 saturated heterocycles. The van der Waals surface area contributed by atoms with Gasteiger partial charge < -0.3 is 4.90 Å². The van der Waals surface area contributed by atoms with Gasteiger partial charge in [0.05, 0.1) is 16.5 Å².